The Morgan fingerprint density at radius 1 is 1.27 bits per heavy atom. The Balaban J connectivity index is 2.81. The number of rotatable bonds is 5. The monoisotopic (exact) mass is 205 g/mol. The third kappa shape index (κ3) is 3.67. The van der Waals surface area contributed by atoms with Gasteiger partial charge in [0.15, 0.2) is 0 Å². The second-order valence-corrected chi connectivity index (χ2v) is 4.66. The molecule has 2 N–H and O–H groups in total. The molecule has 1 aromatic rings. The van der Waals surface area contributed by atoms with Crippen LogP contribution in [0.15, 0.2) is 24.3 Å². The van der Waals surface area contributed by atoms with E-state index in [-0.39, 0.29) is 0 Å². The van der Waals surface area contributed by atoms with Crippen molar-refractivity contribution in [1.29, 1.82) is 0 Å². The summed E-state index contributed by atoms with van der Waals surface area (Å²) in [5, 5.41) is 0. The fourth-order valence-corrected chi connectivity index (χ4v) is 2.00. The van der Waals surface area contributed by atoms with Crippen LogP contribution in [-0.2, 0) is 6.42 Å². The minimum Gasteiger partial charge on any atom is -0.330 e. The fourth-order valence-electron chi connectivity index (χ4n) is 2.00. The van der Waals surface area contributed by atoms with E-state index in [1.165, 1.54) is 17.5 Å². The lowest BCUT2D eigenvalue weighted by Gasteiger charge is -2.18. The molecular weight excluding hydrogens is 182 g/mol. The first-order valence-electron chi connectivity index (χ1n) is 5.96. The normalized spacial score (nSPS) is 13.1. The molecule has 0 aliphatic carbocycles. The van der Waals surface area contributed by atoms with Crippen molar-refractivity contribution < 1.29 is 0 Å². The second kappa shape index (κ2) is 5.92. The summed E-state index contributed by atoms with van der Waals surface area (Å²) in [4.78, 5) is 0. The lowest BCUT2D eigenvalue weighted by molar-refractivity contribution is 0.504. The molecule has 84 valence electrons. The Hall–Kier alpha value is -0.820. The van der Waals surface area contributed by atoms with Crippen LogP contribution < -0.4 is 5.73 Å². The molecule has 0 spiro atoms. The summed E-state index contributed by atoms with van der Waals surface area (Å²) in [5.74, 6) is 1.24. The SMILES string of the molecule is CCc1cccc(C(CN)CC(C)C)c1. The van der Waals surface area contributed by atoms with Crippen LogP contribution in [0.5, 0.6) is 0 Å². The number of nitrogens with two attached hydrogens (primary N) is 1. The summed E-state index contributed by atoms with van der Waals surface area (Å²) in [6.45, 7) is 7.46. The van der Waals surface area contributed by atoms with Crippen LogP contribution in [0.1, 0.15) is 44.2 Å². The van der Waals surface area contributed by atoms with Gasteiger partial charge in [-0.15, -0.1) is 0 Å². The van der Waals surface area contributed by atoms with Crippen LogP contribution in [0, 0.1) is 5.92 Å². The van der Waals surface area contributed by atoms with Gasteiger partial charge in [0.05, 0.1) is 0 Å². The van der Waals surface area contributed by atoms with Gasteiger partial charge in [-0.25, -0.2) is 0 Å². The van der Waals surface area contributed by atoms with Gasteiger partial charge in [-0.1, -0.05) is 45.0 Å². The van der Waals surface area contributed by atoms with Crippen molar-refractivity contribution in [1.82, 2.24) is 0 Å². The molecule has 1 aromatic carbocycles. The van der Waals surface area contributed by atoms with Crippen LogP contribution in [0.3, 0.4) is 0 Å². The van der Waals surface area contributed by atoms with Crippen molar-refractivity contribution >= 4 is 0 Å². The van der Waals surface area contributed by atoms with E-state index in [0.29, 0.717) is 11.8 Å². The predicted octanol–water partition coefficient (Wildman–Crippen LogP) is 3.34. The minimum absolute atomic E-state index is 0.525. The van der Waals surface area contributed by atoms with Crippen LogP contribution in [-0.4, -0.2) is 6.54 Å². The molecule has 0 bridgehead atoms. The Morgan fingerprint density at radius 3 is 2.53 bits per heavy atom. The molecule has 0 aliphatic rings. The zero-order valence-electron chi connectivity index (χ0n) is 10.2. The minimum atomic E-state index is 0.525. The van der Waals surface area contributed by atoms with Crippen LogP contribution in [0.4, 0.5) is 0 Å². The van der Waals surface area contributed by atoms with E-state index in [9.17, 15) is 0 Å². The van der Waals surface area contributed by atoms with Gasteiger partial charge >= 0.3 is 0 Å². The van der Waals surface area contributed by atoms with E-state index in [2.05, 4.69) is 45.0 Å². The summed E-state index contributed by atoms with van der Waals surface area (Å²) in [7, 11) is 0. The van der Waals surface area contributed by atoms with E-state index in [1.54, 1.807) is 0 Å². The average molecular weight is 205 g/mol. The van der Waals surface area contributed by atoms with Crippen molar-refractivity contribution in [2.24, 2.45) is 11.7 Å². The van der Waals surface area contributed by atoms with Crippen molar-refractivity contribution in [3.63, 3.8) is 0 Å². The molecular formula is C14H23N. The van der Waals surface area contributed by atoms with E-state index < -0.39 is 0 Å². The van der Waals surface area contributed by atoms with Gasteiger partial charge in [0.25, 0.3) is 0 Å². The maximum atomic E-state index is 5.84. The molecule has 1 atom stereocenters. The largest absolute Gasteiger partial charge is 0.330 e. The fraction of sp³-hybridized carbons (Fsp3) is 0.571. The van der Waals surface area contributed by atoms with E-state index in [4.69, 9.17) is 5.73 Å². The Kier molecular flexibility index (Phi) is 4.83. The highest BCUT2D eigenvalue weighted by Crippen LogP contribution is 2.23. The molecule has 0 saturated carbocycles. The Labute approximate surface area is 93.7 Å². The molecule has 0 aliphatic heterocycles. The third-order valence-electron chi connectivity index (χ3n) is 2.87. The average Bonchev–Trinajstić information content (AvgIpc) is 2.25. The highest BCUT2D eigenvalue weighted by atomic mass is 14.5. The van der Waals surface area contributed by atoms with E-state index in [1.807, 2.05) is 0 Å². The molecule has 0 amide bonds. The smallest absolute Gasteiger partial charge is 0.000814 e. The summed E-state index contributed by atoms with van der Waals surface area (Å²) in [5.41, 5.74) is 8.66. The third-order valence-corrected chi connectivity index (χ3v) is 2.87. The number of hydrogen-bond acceptors (Lipinski definition) is 1. The number of aryl methyl sites for hydroxylation is 1. The maximum Gasteiger partial charge on any atom is -0.000814 e. The van der Waals surface area contributed by atoms with Crippen molar-refractivity contribution in [3.05, 3.63) is 35.4 Å². The molecule has 0 saturated heterocycles. The van der Waals surface area contributed by atoms with Gasteiger partial charge < -0.3 is 5.73 Å². The molecule has 0 aromatic heterocycles. The predicted molar refractivity (Wildman–Crippen MR) is 67.1 cm³/mol. The second-order valence-electron chi connectivity index (χ2n) is 4.66. The van der Waals surface area contributed by atoms with Crippen molar-refractivity contribution in [2.45, 2.75) is 39.5 Å². The summed E-state index contributed by atoms with van der Waals surface area (Å²) >= 11 is 0. The Bertz CT molecular complexity index is 291. The van der Waals surface area contributed by atoms with Crippen LogP contribution in [0.25, 0.3) is 0 Å². The van der Waals surface area contributed by atoms with Crippen molar-refractivity contribution in [2.75, 3.05) is 6.54 Å². The highest BCUT2D eigenvalue weighted by Gasteiger charge is 2.11. The first-order chi connectivity index (χ1) is 7.17. The van der Waals surface area contributed by atoms with Gasteiger partial charge in [0, 0.05) is 0 Å². The molecule has 0 radical (unpaired) electrons. The van der Waals surface area contributed by atoms with E-state index in [0.717, 1.165) is 13.0 Å². The number of hydrogen-bond donors (Lipinski definition) is 1. The first-order valence-corrected chi connectivity index (χ1v) is 5.96. The number of benzene rings is 1. The molecule has 0 heterocycles. The van der Waals surface area contributed by atoms with Gasteiger partial charge in [-0.2, -0.15) is 0 Å². The van der Waals surface area contributed by atoms with Crippen LogP contribution in [0.2, 0.25) is 0 Å². The zero-order valence-corrected chi connectivity index (χ0v) is 10.2. The van der Waals surface area contributed by atoms with Gasteiger partial charge in [-0.05, 0) is 42.3 Å². The molecule has 1 heteroatoms. The zero-order chi connectivity index (χ0) is 11.3. The summed E-state index contributed by atoms with van der Waals surface area (Å²) < 4.78 is 0. The lowest BCUT2D eigenvalue weighted by atomic mass is 9.89. The molecule has 0 fully saturated rings. The topological polar surface area (TPSA) is 26.0 Å². The molecule has 1 unspecified atom stereocenters. The maximum absolute atomic E-state index is 5.84. The van der Waals surface area contributed by atoms with Crippen molar-refractivity contribution in [3.8, 4) is 0 Å². The van der Waals surface area contributed by atoms with E-state index >= 15 is 0 Å². The molecule has 1 rings (SSSR count). The molecule has 15 heavy (non-hydrogen) atoms. The first kappa shape index (κ1) is 12.3. The summed E-state index contributed by atoms with van der Waals surface area (Å²) in [6, 6.07) is 8.85. The molecule has 1 nitrogen and oxygen atoms in total. The summed E-state index contributed by atoms with van der Waals surface area (Å²) in [6.07, 6.45) is 2.29. The van der Waals surface area contributed by atoms with Gasteiger partial charge in [0.2, 0.25) is 0 Å². The highest BCUT2D eigenvalue weighted by molar-refractivity contribution is 5.26. The lowest BCUT2D eigenvalue weighted by Crippen LogP contribution is -2.14. The van der Waals surface area contributed by atoms with Gasteiger partial charge in [-0.3, -0.25) is 0 Å². The Morgan fingerprint density at radius 2 is 2.00 bits per heavy atom. The quantitative estimate of drug-likeness (QED) is 0.784. The standard InChI is InChI=1S/C14H23N/c1-4-12-6-5-7-13(9-12)14(10-15)8-11(2)3/h5-7,9,11,14H,4,8,10,15H2,1-3H3. The van der Waals surface area contributed by atoms with Crippen LogP contribution >= 0.6 is 0 Å². The van der Waals surface area contributed by atoms with Gasteiger partial charge in [0.1, 0.15) is 0 Å².